The summed E-state index contributed by atoms with van der Waals surface area (Å²) in [6.45, 7) is 16.8. The van der Waals surface area contributed by atoms with Crippen LogP contribution in [0.15, 0.2) is 50.6 Å². The van der Waals surface area contributed by atoms with E-state index in [0.29, 0.717) is 38.8 Å². The topological polar surface area (TPSA) is 113 Å². The third kappa shape index (κ3) is 19.8. The number of nitrogens with zero attached hydrogens (tertiary/aromatic N) is 1. The fourth-order valence-corrected chi connectivity index (χ4v) is 2.03. The molecule has 8 heteroatoms. The first-order valence-electron chi connectivity index (χ1n) is 9.69. The minimum atomic E-state index is -0.873. The number of carbonyl (C=O) groups is 4. The number of hydrogen-bond donors (Lipinski definition) is 2. The summed E-state index contributed by atoms with van der Waals surface area (Å²) in [5.74, 6) is -1.71. The van der Waals surface area contributed by atoms with Gasteiger partial charge >= 0.3 is 17.9 Å². The number of hydrogen-bond acceptors (Lipinski definition) is 6. The summed E-state index contributed by atoms with van der Waals surface area (Å²) in [7, 11) is 0. The van der Waals surface area contributed by atoms with Crippen LogP contribution in [0.2, 0.25) is 0 Å². The van der Waals surface area contributed by atoms with E-state index in [-0.39, 0.29) is 30.7 Å². The second kappa shape index (κ2) is 20.7. The predicted octanol–water partition coefficient (Wildman–Crippen LogP) is 2.63. The number of ether oxygens (including phenoxy) is 1. The fourth-order valence-electron chi connectivity index (χ4n) is 2.03. The van der Waals surface area contributed by atoms with E-state index >= 15 is 0 Å². The van der Waals surface area contributed by atoms with Gasteiger partial charge in [0.1, 0.15) is 0 Å². The summed E-state index contributed by atoms with van der Waals surface area (Å²) in [5, 5.41) is 11.5. The summed E-state index contributed by atoms with van der Waals surface area (Å²) >= 11 is 0. The van der Waals surface area contributed by atoms with Crippen molar-refractivity contribution in [2.75, 3.05) is 26.2 Å². The van der Waals surface area contributed by atoms with Gasteiger partial charge in [0.25, 0.3) is 0 Å². The molecule has 0 saturated carbocycles. The predicted molar refractivity (Wildman–Crippen MR) is 117 cm³/mol. The van der Waals surface area contributed by atoms with E-state index in [0.717, 1.165) is 13.1 Å². The highest BCUT2D eigenvalue weighted by atomic mass is 16.6. The molecule has 1 aliphatic rings. The van der Waals surface area contributed by atoms with Gasteiger partial charge in [0.2, 0.25) is 5.91 Å². The summed E-state index contributed by atoms with van der Waals surface area (Å²) in [4.78, 5) is 43.8. The molecular formula is C22H34N2O6. The molecule has 1 fully saturated rings. The van der Waals surface area contributed by atoms with Crippen LogP contribution in [0.1, 0.15) is 38.5 Å². The Labute approximate surface area is 179 Å². The lowest BCUT2D eigenvalue weighted by Crippen LogP contribution is -2.31. The molecule has 0 aromatic carbocycles. The number of rotatable bonds is 12. The van der Waals surface area contributed by atoms with Gasteiger partial charge in [-0.15, -0.1) is 26.3 Å². The number of carboxylic acids is 1. The van der Waals surface area contributed by atoms with Crippen molar-refractivity contribution in [1.82, 2.24) is 10.2 Å². The van der Waals surface area contributed by atoms with Crippen LogP contribution in [0.4, 0.5) is 0 Å². The Morgan fingerprint density at radius 3 is 1.77 bits per heavy atom. The van der Waals surface area contributed by atoms with E-state index in [2.05, 4.69) is 36.4 Å². The lowest BCUT2D eigenvalue weighted by Gasteiger charge is -2.18. The molecule has 0 bridgehead atoms. The van der Waals surface area contributed by atoms with E-state index in [1.165, 1.54) is 0 Å². The van der Waals surface area contributed by atoms with E-state index in [1.807, 2.05) is 12.2 Å². The standard InChI is InChI=1S/C11H17NO3.C6H11N.C5H6O3/c1-3-8-12(9-4-2)10(13)6-5-7-11(14)15;1-3-5-7-6-4-2;6-4-2-1-3-5(7)8-4/h3-4H,1-2,5-9H2,(H,14,15);3-4,7H,1-2,5-6H2;1-3H2. The second-order valence-electron chi connectivity index (χ2n) is 6.06. The van der Waals surface area contributed by atoms with Gasteiger partial charge in [0.05, 0.1) is 0 Å². The molecule has 168 valence electrons. The molecule has 2 N–H and O–H groups in total. The van der Waals surface area contributed by atoms with Gasteiger partial charge in [0.15, 0.2) is 0 Å². The Bertz CT molecular complexity index is 554. The third-order valence-electron chi connectivity index (χ3n) is 3.40. The first-order valence-corrected chi connectivity index (χ1v) is 9.69. The molecule has 0 radical (unpaired) electrons. The van der Waals surface area contributed by atoms with Gasteiger partial charge in [-0.25, -0.2) is 0 Å². The van der Waals surface area contributed by atoms with Crippen molar-refractivity contribution in [2.24, 2.45) is 0 Å². The Morgan fingerprint density at radius 1 is 0.933 bits per heavy atom. The van der Waals surface area contributed by atoms with Crippen LogP contribution in [0.5, 0.6) is 0 Å². The molecule has 1 rings (SSSR count). The summed E-state index contributed by atoms with van der Waals surface area (Å²) < 4.78 is 4.21. The Hall–Kier alpha value is -3.00. The molecule has 1 saturated heterocycles. The van der Waals surface area contributed by atoms with Crippen molar-refractivity contribution in [2.45, 2.75) is 38.5 Å². The number of amides is 1. The highest BCUT2D eigenvalue weighted by molar-refractivity contribution is 5.87. The lowest BCUT2D eigenvalue weighted by molar-refractivity contribution is -0.163. The number of carboxylic acid groups (broad SMARTS) is 1. The van der Waals surface area contributed by atoms with Crippen LogP contribution in [-0.4, -0.2) is 60.0 Å². The highest BCUT2D eigenvalue weighted by Crippen LogP contribution is 2.06. The zero-order valence-corrected chi connectivity index (χ0v) is 17.6. The van der Waals surface area contributed by atoms with Crippen LogP contribution < -0.4 is 5.32 Å². The molecule has 30 heavy (non-hydrogen) atoms. The maximum absolute atomic E-state index is 11.5. The van der Waals surface area contributed by atoms with Crippen molar-refractivity contribution < 1.29 is 29.0 Å². The van der Waals surface area contributed by atoms with Crippen LogP contribution in [0.25, 0.3) is 0 Å². The Morgan fingerprint density at radius 2 is 1.43 bits per heavy atom. The monoisotopic (exact) mass is 422 g/mol. The van der Waals surface area contributed by atoms with Crippen molar-refractivity contribution >= 4 is 23.8 Å². The number of carbonyl (C=O) groups excluding carboxylic acids is 3. The van der Waals surface area contributed by atoms with Gasteiger partial charge < -0.3 is 20.1 Å². The molecule has 0 aromatic rings. The van der Waals surface area contributed by atoms with Crippen LogP contribution >= 0.6 is 0 Å². The van der Waals surface area contributed by atoms with Crippen molar-refractivity contribution in [1.29, 1.82) is 0 Å². The molecule has 8 nitrogen and oxygen atoms in total. The third-order valence-corrected chi connectivity index (χ3v) is 3.40. The number of esters is 2. The van der Waals surface area contributed by atoms with E-state index < -0.39 is 5.97 Å². The number of nitrogens with one attached hydrogen (secondary N) is 1. The average molecular weight is 423 g/mol. The maximum Gasteiger partial charge on any atom is 0.313 e. The molecular weight excluding hydrogens is 388 g/mol. The minimum Gasteiger partial charge on any atom is -0.481 e. The normalized spacial score (nSPS) is 12.0. The highest BCUT2D eigenvalue weighted by Gasteiger charge is 2.16. The molecule has 0 aromatic heterocycles. The molecule has 0 unspecified atom stereocenters. The van der Waals surface area contributed by atoms with Crippen LogP contribution in [0, 0.1) is 0 Å². The molecule has 0 atom stereocenters. The summed E-state index contributed by atoms with van der Waals surface area (Å²) in [6, 6.07) is 0. The van der Waals surface area contributed by atoms with Crippen molar-refractivity contribution in [3.8, 4) is 0 Å². The fraction of sp³-hybridized carbons (Fsp3) is 0.455. The van der Waals surface area contributed by atoms with Gasteiger partial charge in [0, 0.05) is 51.9 Å². The number of aliphatic carboxylic acids is 1. The van der Waals surface area contributed by atoms with E-state index in [1.54, 1.807) is 17.1 Å². The first kappa shape index (κ1) is 29.2. The van der Waals surface area contributed by atoms with Crippen molar-refractivity contribution in [3.63, 3.8) is 0 Å². The Balaban J connectivity index is 0. The maximum atomic E-state index is 11.5. The van der Waals surface area contributed by atoms with Gasteiger partial charge in [-0.1, -0.05) is 24.3 Å². The zero-order valence-electron chi connectivity index (χ0n) is 17.6. The molecule has 0 aliphatic carbocycles. The average Bonchev–Trinajstić information content (AvgIpc) is 2.69. The van der Waals surface area contributed by atoms with Crippen LogP contribution in [0.3, 0.4) is 0 Å². The van der Waals surface area contributed by atoms with Gasteiger partial charge in [-0.2, -0.15) is 0 Å². The molecule has 1 heterocycles. The quantitative estimate of drug-likeness (QED) is 0.215. The number of cyclic esters (lactones) is 2. The smallest absolute Gasteiger partial charge is 0.313 e. The summed E-state index contributed by atoms with van der Waals surface area (Å²) in [6.07, 6.45) is 9.02. The SMILES string of the molecule is C=CCN(CC=C)C(=O)CCCC(=O)O.C=CCNCC=C.O=C1CCCC(=O)O1. The molecule has 1 aliphatic heterocycles. The minimum absolute atomic E-state index is 0.0295. The van der Waals surface area contributed by atoms with Gasteiger partial charge in [-0.05, 0) is 12.8 Å². The largest absolute Gasteiger partial charge is 0.481 e. The van der Waals surface area contributed by atoms with E-state index in [9.17, 15) is 19.2 Å². The lowest BCUT2D eigenvalue weighted by atomic mass is 10.2. The summed E-state index contributed by atoms with van der Waals surface area (Å²) in [5.41, 5.74) is 0. The first-order chi connectivity index (χ1) is 14.3. The zero-order chi connectivity index (χ0) is 23.2. The molecule has 1 amide bonds. The van der Waals surface area contributed by atoms with Crippen molar-refractivity contribution in [3.05, 3.63) is 50.6 Å². The Kier molecular flexibility index (Phi) is 20.2. The molecule has 0 spiro atoms. The van der Waals surface area contributed by atoms with E-state index in [4.69, 9.17) is 5.11 Å². The van der Waals surface area contributed by atoms with Gasteiger partial charge in [-0.3, -0.25) is 19.2 Å². The second-order valence-corrected chi connectivity index (χ2v) is 6.06. The van der Waals surface area contributed by atoms with Crippen LogP contribution in [-0.2, 0) is 23.9 Å².